The molecule has 5 nitrogen and oxygen atoms in total. The summed E-state index contributed by atoms with van der Waals surface area (Å²) >= 11 is 0. The van der Waals surface area contributed by atoms with Crippen molar-refractivity contribution in [2.24, 2.45) is 5.92 Å². The Balaban J connectivity index is 1.83. The monoisotopic (exact) mass is 353 g/mol. The summed E-state index contributed by atoms with van der Waals surface area (Å²) in [6, 6.07) is 15.9. The Morgan fingerprint density at radius 3 is 2.50 bits per heavy atom. The van der Waals surface area contributed by atoms with Gasteiger partial charge in [0.2, 0.25) is 5.91 Å². The molecule has 0 bridgehead atoms. The third kappa shape index (κ3) is 4.17. The number of rotatable bonds is 5. The lowest BCUT2D eigenvalue weighted by atomic mass is 9.96. The largest absolute Gasteiger partial charge is 0.497 e. The quantitative estimate of drug-likeness (QED) is 0.889. The number of ether oxygens (including phenoxy) is 1. The lowest BCUT2D eigenvalue weighted by molar-refractivity contribution is -0.121. The summed E-state index contributed by atoms with van der Waals surface area (Å²) in [6.07, 6.45) is 1.80. The van der Waals surface area contributed by atoms with Gasteiger partial charge in [0.15, 0.2) is 0 Å². The summed E-state index contributed by atoms with van der Waals surface area (Å²) in [4.78, 5) is 17.1. The van der Waals surface area contributed by atoms with Gasteiger partial charge in [0.05, 0.1) is 18.5 Å². The first-order chi connectivity index (χ1) is 12.6. The Hall–Kier alpha value is -2.53. The van der Waals surface area contributed by atoms with Crippen LogP contribution in [0.1, 0.15) is 12.8 Å². The molecule has 0 aliphatic carbocycles. The van der Waals surface area contributed by atoms with Crippen LogP contribution in [0.2, 0.25) is 0 Å². The molecule has 1 heterocycles. The van der Waals surface area contributed by atoms with Crippen LogP contribution in [-0.4, -0.2) is 45.1 Å². The fourth-order valence-corrected chi connectivity index (χ4v) is 3.33. The number of likely N-dealkylation sites (tertiary alicyclic amines) is 1. The maximum atomic E-state index is 12.8. The maximum Gasteiger partial charge on any atom is 0.227 e. The molecule has 26 heavy (non-hydrogen) atoms. The summed E-state index contributed by atoms with van der Waals surface area (Å²) in [6.45, 7) is 1.93. The van der Waals surface area contributed by atoms with Crippen molar-refractivity contribution >= 4 is 23.0 Å². The molecule has 1 fully saturated rings. The van der Waals surface area contributed by atoms with E-state index in [9.17, 15) is 4.79 Å². The zero-order valence-electron chi connectivity index (χ0n) is 15.7. The number of nitrogens with one attached hydrogen (secondary N) is 1. The predicted molar refractivity (Wildman–Crippen MR) is 106 cm³/mol. The molecule has 1 aliphatic heterocycles. The van der Waals surface area contributed by atoms with Crippen molar-refractivity contribution in [3.63, 3.8) is 0 Å². The second kappa shape index (κ2) is 8.23. The van der Waals surface area contributed by atoms with E-state index in [-0.39, 0.29) is 11.8 Å². The smallest absolute Gasteiger partial charge is 0.227 e. The highest BCUT2D eigenvalue weighted by atomic mass is 16.5. The van der Waals surface area contributed by atoms with Gasteiger partial charge in [-0.2, -0.15) is 0 Å². The number of carbonyl (C=O) groups excluding carboxylic acids is 1. The van der Waals surface area contributed by atoms with E-state index in [4.69, 9.17) is 4.74 Å². The van der Waals surface area contributed by atoms with Gasteiger partial charge in [0, 0.05) is 24.7 Å². The molecule has 1 aliphatic rings. The molecule has 3 rings (SSSR count). The van der Waals surface area contributed by atoms with Crippen LogP contribution in [0.25, 0.3) is 0 Å². The number of hydrogen-bond acceptors (Lipinski definition) is 4. The summed E-state index contributed by atoms with van der Waals surface area (Å²) in [5.74, 6) is 0.884. The van der Waals surface area contributed by atoms with E-state index in [0.717, 1.165) is 48.7 Å². The van der Waals surface area contributed by atoms with E-state index in [2.05, 4.69) is 22.2 Å². The molecule has 1 amide bonds. The highest BCUT2D eigenvalue weighted by molar-refractivity contribution is 5.97. The number of hydrogen-bond donors (Lipinski definition) is 1. The first kappa shape index (κ1) is 18.3. The van der Waals surface area contributed by atoms with E-state index in [0.29, 0.717) is 0 Å². The minimum absolute atomic E-state index is 0.0623. The van der Waals surface area contributed by atoms with E-state index < -0.39 is 0 Å². The van der Waals surface area contributed by atoms with Gasteiger partial charge in [-0.3, -0.25) is 4.79 Å². The molecule has 2 aromatic carbocycles. The number of anilines is 3. The zero-order chi connectivity index (χ0) is 18.5. The molecule has 0 radical (unpaired) electrons. The first-order valence-corrected chi connectivity index (χ1v) is 9.04. The summed E-state index contributed by atoms with van der Waals surface area (Å²) in [5, 5.41) is 3.14. The molecular formula is C21H27N3O2. The highest BCUT2D eigenvalue weighted by Crippen LogP contribution is 2.34. The number of piperidine rings is 1. The van der Waals surface area contributed by atoms with Crippen molar-refractivity contribution in [1.82, 2.24) is 4.90 Å². The summed E-state index contributed by atoms with van der Waals surface area (Å²) in [7, 11) is 5.74. The molecule has 0 saturated carbocycles. The van der Waals surface area contributed by atoms with Crippen molar-refractivity contribution < 1.29 is 9.53 Å². The Kier molecular flexibility index (Phi) is 5.78. The normalized spacial score (nSPS) is 15.5. The van der Waals surface area contributed by atoms with Gasteiger partial charge in [0.1, 0.15) is 5.75 Å². The Labute approximate surface area is 155 Å². The molecule has 5 heteroatoms. The van der Waals surface area contributed by atoms with Crippen LogP contribution >= 0.6 is 0 Å². The topological polar surface area (TPSA) is 44.8 Å². The van der Waals surface area contributed by atoms with Crippen LogP contribution < -0.4 is 15.0 Å². The number of carbonyl (C=O) groups is 1. The molecule has 0 unspecified atom stereocenters. The standard InChI is InChI=1S/C21H27N3O2/c1-23-13-11-16(12-14-23)21(25)22-19-15-18(26-3)9-10-20(19)24(2)17-7-5-4-6-8-17/h4-10,15-16H,11-14H2,1-3H3,(H,22,25). The van der Waals surface area contributed by atoms with Gasteiger partial charge >= 0.3 is 0 Å². The van der Waals surface area contributed by atoms with E-state index in [1.54, 1.807) is 7.11 Å². The second-order valence-corrected chi connectivity index (χ2v) is 6.84. The van der Waals surface area contributed by atoms with Crippen LogP contribution in [0.3, 0.4) is 0 Å². The third-order valence-electron chi connectivity index (χ3n) is 5.06. The number of benzene rings is 2. The lowest BCUT2D eigenvalue weighted by Crippen LogP contribution is -2.36. The first-order valence-electron chi connectivity index (χ1n) is 9.04. The van der Waals surface area contributed by atoms with Crippen LogP contribution in [0, 0.1) is 5.92 Å². The number of nitrogens with zero attached hydrogens (tertiary/aromatic N) is 2. The molecule has 2 aromatic rings. The molecule has 1 saturated heterocycles. The van der Waals surface area contributed by atoms with Gasteiger partial charge in [0.25, 0.3) is 0 Å². The molecular weight excluding hydrogens is 326 g/mol. The molecule has 0 spiro atoms. The van der Waals surface area contributed by atoms with Crippen molar-refractivity contribution in [3.05, 3.63) is 48.5 Å². The lowest BCUT2D eigenvalue weighted by Gasteiger charge is -2.29. The molecule has 138 valence electrons. The highest BCUT2D eigenvalue weighted by Gasteiger charge is 2.24. The Morgan fingerprint density at radius 1 is 1.15 bits per heavy atom. The second-order valence-electron chi connectivity index (χ2n) is 6.84. The number of amides is 1. The average Bonchev–Trinajstić information content (AvgIpc) is 2.68. The maximum absolute atomic E-state index is 12.8. The van der Waals surface area contributed by atoms with Gasteiger partial charge < -0.3 is 19.9 Å². The van der Waals surface area contributed by atoms with Crippen molar-refractivity contribution in [2.75, 3.05) is 44.5 Å². The third-order valence-corrected chi connectivity index (χ3v) is 5.06. The number of methoxy groups -OCH3 is 1. The zero-order valence-corrected chi connectivity index (χ0v) is 15.7. The van der Waals surface area contributed by atoms with Crippen LogP contribution in [0.5, 0.6) is 5.75 Å². The Bertz CT molecular complexity index is 740. The van der Waals surface area contributed by atoms with Gasteiger partial charge in [-0.1, -0.05) is 18.2 Å². The molecule has 0 atom stereocenters. The molecule has 0 aromatic heterocycles. The average molecular weight is 353 g/mol. The van der Waals surface area contributed by atoms with E-state index >= 15 is 0 Å². The van der Waals surface area contributed by atoms with Crippen LogP contribution in [-0.2, 0) is 4.79 Å². The minimum Gasteiger partial charge on any atom is -0.497 e. The van der Waals surface area contributed by atoms with Crippen molar-refractivity contribution in [2.45, 2.75) is 12.8 Å². The minimum atomic E-state index is 0.0623. The van der Waals surface area contributed by atoms with Gasteiger partial charge in [-0.05, 0) is 57.2 Å². The van der Waals surface area contributed by atoms with Gasteiger partial charge in [-0.15, -0.1) is 0 Å². The van der Waals surface area contributed by atoms with Gasteiger partial charge in [-0.25, -0.2) is 0 Å². The summed E-state index contributed by atoms with van der Waals surface area (Å²) in [5.41, 5.74) is 2.78. The summed E-state index contributed by atoms with van der Waals surface area (Å²) < 4.78 is 5.36. The SMILES string of the molecule is COc1ccc(N(C)c2ccccc2)c(NC(=O)C2CCN(C)CC2)c1. The van der Waals surface area contributed by atoms with Crippen molar-refractivity contribution in [3.8, 4) is 5.75 Å². The van der Waals surface area contributed by atoms with Crippen molar-refractivity contribution in [1.29, 1.82) is 0 Å². The molecule has 1 N–H and O–H groups in total. The fourth-order valence-electron chi connectivity index (χ4n) is 3.33. The predicted octanol–water partition coefficient (Wildman–Crippen LogP) is 3.74. The number of para-hydroxylation sites is 1. The van der Waals surface area contributed by atoms with Crippen LogP contribution in [0.15, 0.2) is 48.5 Å². The Morgan fingerprint density at radius 2 is 1.85 bits per heavy atom. The van der Waals surface area contributed by atoms with E-state index in [1.807, 2.05) is 55.6 Å². The van der Waals surface area contributed by atoms with E-state index in [1.165, 1.54) is 0 Å². The fraction of sp³-hybridized carbons (Fsp3) is 0.381. The van der Waals surface area contributed by atoms with Crippen LogP contribution in [0.4, 0.5) is 17.1 Å².